The zero-order valence-corrected chi connectivity index (χ0v) is 19.3. The van der Waals surface area contributed by atoms with Gasteiger partial charge in [0, 0.05) is 49.0 Å². The highest BCUT2D eigenvalue weighted by Gasteiger charge is 2.28. The van der Waals surface area contributed by atoms with Gasteiger partial charge in [0.2, 0.25) is 15.9 Å². The first-order valence-corrected chi connectivity index (χ1v) is 12.4. The van der Waals surface area contributed by atoms with E-state index < -0.39 is 20.9 Å². The molecule has 34 heavy (non-hydrogen) atoms. The fourth-order valence-electron chi connectivity index (χ4n) is 4.01. The molecule has 1 amide bonds. The number of nitro groups is 1. The number of piperidine rings is 1. The number of non-ortho nitro benzene ring substituents is 1. The summed E-state index contributed by atoms with van der Waals surface area (Å²) in [7, 11) is -3.65. The second kappa shape index (κ2) is 10.3. The highest BCUT2D eigenvalue weighted by Crippen LogP contribution is 2.33. The van der Waals surface area contributed by atoms with E-state index in [1.165, 1.54) is 28.6 Å². The second-order valence-electron chi connectivity index (χ2n) is 8.01. The van der Waals surface area contributed by atoms with E-state index in [0.717, 1.165) is 19.3 Å². The molecule has 0 bridgehead atoms. The molecule has 0 unspecified atom stereocenters. The Balaban J connectivity index is 1.49. The maximum Gasteiger partial charge on any atom is 0.270 e. The Morgan fingerprint density at radius 2 is 1.94 bits per heavy atom. The Morgan fingerprint density at radius 1 is 1.18 bits per heavy atom. The second-order valence-corrected chi connectivity index (χ2v) is 9.92. The smallest absolute Gasteiger partial charge is 0.270 e. The van der Waals surface area contributed by atoms with Crippen molar-refractivity contribution in [1.29, 1.82) is 0 Å². The number of fused-ring (bicyclic) bond motifs is 1. The fraction of sp³-hybridized carbons (Fsp3) is 0.348. The first-order valence-electron chi connectivity index (χ1n) is 10.9. The zero-order chi connectivity index (χ0) is 24.1. The third kappa shape index (κ3) is 5.27. The van der Waals surface area contributed by atoms with E-state index in [4.69, 9.17) is 9.47 Å². The number of carbonyl (C=O) groups is 1. The van der Waals surface area contributed by atoms with Gasteiger partial charge in [-0.3, -0.25) is 14.9 Å². The molecular formula is C23H25N3O7S. The lowest BCUT2D eigenvalue weighted by molar-refractivity contribution is -0.385. The minimum atomic E-state index is -3.65. The molecular weight excluding hydrogens is 462 g/mol. The van der Waals surface area contributed by atoms with Crippen LogP contribution in [0.25, 0.3) is 6.08 Å². The summed E-state index contributed by atoms with van der Waals surface area (Å²) in [5.74, 6) is -0.0450. The van der Waals surface area contributed by atoms with Gasteiger partial charge in [-0.15, -0.1) is 0 Å². The van der Waals surface area contributed by atoms with Gasteiger partial charge in [0.15, 0.2) is 6.79 Å². The average Bonchev–Trinajstić information content (AvgIpc) is 2.86. The van der Waals surface area contributed by atoms with Crippen molar-refractivity contribution in [1.82, 2.24) is 9.62 Å². The van der Waals surface area contributed by atoms with E-state index in [0.29, 0.717) is 35.5 Å². The first-order chi connectivity index (χ1) is 16.4. The number of benzene rings is 2. The maximum atomic E-state index is 13.1. The topological polar surface area (TPSA) is 128 Å². The maximum absolute atomic E-state index is 13.1. The molecule has 2 aromatic carbocycles. The number of ether oxygens (including phenoxy) is 2. The molecule has 0 spiro atoms. The lowest BCUT2D eigenvalue weighted by Gasteiger charge is -2.26. The van der Waals surface area contributed by atoms with Crippen molar-refractivity contribution in [3.05, 3.63) is 69.3 Å². The number of rotatable bonds is 7. The Kier molecular flexibility index (Phi) is 7.25. The Hall–Kier alpha value is -3.28. The van der Waals surface area contributed by atoms with Crippen molar-refractivity contribution in [2.45, 2.75) is 37.3 Å². The highest BCUT2D eigenvalue weighted by atomic mass is 32.2. The van der Waals surface area contributed by atoms with Crippen molar-refractivity contribution >= 4 is 27.7 Å². The average molecular weight is 488 g/mol. The summed E-state index contributed by atoms with van der Waals surface area (Å²) >= 11 is 0. The van der Waals surface area contributed by atoms with Crippen LogP contribution in [0.2, 0.25) is 0 Å². The van der Waals surface area contributed by atoms with Crippen LogP contribution in [-0.4, -0.2) is 43.4 Å². The van der Waals surface area contributed by atoms with Crippen molar-refractivity contribution in [3.8, 4) is 5.75 Å². The van der Waals surface area contributed by atoms with Crippen LogP contribution >= 0.6 is 0 Å². The van der Waals surface area contributed by atoms with Gasteiger partial charge in [-0.05, 0) is 30.5 Å². The normalized spacial score (nSPS) is 16.6. The van der Waals surface area contributed by atoms with Crippen LogP contribution in [0.15, 0.2) is 47.4 Å². The van der Waals surface area contributed by atoms with Crippen molar-refractivity contribution in [2.75, 3.05) is 19.9 Å². The molecule has 180 valence electrons. The van der Waals surface area contributed by atoms with E-state index in [1.807, 2.05) is 0 Å². The summed E-state index contributed by atoms with van der Waals surface area (Å²) in [5.41, 5.74) is 1.26. The summed E-state index contributed by atoms with van der Waals surface area (Å²) < 4.78 is 38.3. The van der Waals surface area contributed by atoms with Crippen LogP contribution in [0.1, 0.15) is 36.0 Å². The van der Waals surface area contributed by atoms with Gasteiger partial charge >= 0.3 is 0 Å². The molecule has 0 saturated carbocycles. The molecule has 1 fully saturated rings. The SMILES string of the molecule is O=C(/C=C/c1cc([N+](=O)[O-])cc2c1OCOC2)NCc1ccccc1S(=O)(=O)N1CCCCC1. The predicted octanol–water partition coefficient (Wildman–Crippen LogP) is 2.97. The van der Waals surface area contributed by atoms with Crippen LogP contribution in [-0.2, 0) is 32.7 Å². The van der Waals surface area contributed by atoms with Crippen LogP contribution in [0, 0.1) is 10.1 Å². The number of sulfonamides is 1. The van der Waals surface area contributed by atoms with E-state index in [9.17, 15) is 23.3 Å². The van der Waals surface area contributed by atoms with Gasteiger partial charge in [0.1, 0.15) is 5.75 Å². The third-order valence-electron chi connectivity index (χ3n) is 5.71. The number of carbonyl (C=O) groups excluding carboxylic acids is 1. The number of amides is 1. The lowest BCUT2D eigenvalue weighted by atomic mass is 10.1. The van der Waals surface area contributed by atoms with Gasteiger partial charge in [-0.2, -0.15) is 4.31 Å². The van der Waals surface area contributed by atoms with Crippen LogP contribution in [0.5, 0.6) is 5.75 Å². The standard InChI is InChI=1S/C23H25N3O7S/c27-22(9-8-17-12-20(26(28)29)13-19-15-32-16-33-23(17)19)24-14-18-6-2-3-7-21(18)34(30,31)25-10-4-1-5-11-25/h2-3,6-9,12-13H,1,4-5,10-11,14-16H2,(H,24,27)/b9-8+. The minimum Gasteiger partial charge on any atom is -0.467 e. The molecule has 1 N–H and O–H groups in total. The third-order valence-corrected chi connectivity index (χ3v) is 7.71. The number of hydrogen-bond donors (Lipinski definition) is 1. The van der Waals surface area contributed by atoms with Crippen LogP contribution < -0.4 is 10.1 Å². The number of nitrogens with one attached hydrogen (secondary N) is 1. The van der Waals surface area contributed by atoms with E-state index in [2.05, 4.69) is 5.32 Å². The summed E-state index contributed by atoms with van der Waals surface area (Å²) in [6.07, 6.45) is 5.35. The minimum absolute atomic E-state index is 0.0140. The highest BCUT2D eigenvalue weighted by molar-refractivity contribution is 7.89. The molecule has 10 nitrogen and oxygen atoms in total. The van der Waals surface area contributed by atoms with Crippen LogP contribution in [0.4, 0.5) is 5.69 Å². The quantitative estimate of drug-likeness (QED) is 0.361. The molecule has 2 aliphatic heterocycles. The van der Waals surface area contributed by atoms with Gasteiger partial charge in [0.25, 0.3) is 5.69 Å². The number of nitrogens with zero attached hydrogens (tertiary/aromatic N) is 2. The summed E-state index contributed by atoms with van der Waals surface area (Å²) in [5, 5.41) is 13.9. The van der Waals surface area contributed by atoms with E-state index in [-0.39, 0.29) is 30.5 Å². The molecule has 2 aromatic rings. The van der Waals surface area contributed by atoms with Crippen molar-refractivity contribution in [3.63, 3.8) is 0 Å². The molecule has 0 aliphatic carbocycles. The molecule has 0 atom stereocenters. The molecule has 2 aliphatic rings. The Morgan fingerprint density at radius 3 is 2.71 bits per heavy atom. The van der Waals surface area contributed by atoms with E-state index in [1.54, 1.807) is 24.3 Å². The van der Waals surface area contributed by atoms with Gasteiger partial charge in [-0.25, -0.2) is 8.42 Å². The predicted molar refractivity (Wildman–Crippen MR) is 123 cm³/mol. The fourth-order valence-corrected chi connectivity index (χ4v) is 5.75. The molecule has 4 rings (SSSR count). The number of hydrogen-bond acceptors (Lipinski definition) is 7. The van der Waals surface area contributed by atoms with Crippen LogP contribution in [0.3, 0.4) is 0 Å². The molecule has 1 saturated heterocycles. The lowest BCUT2D eigenvalue weighted by Crippen LogP contribution is -2.36. The van der Waals surface area contributed by atoms with Gasteiger partial charge in [-0.1, -0.05) is 24.6 Å². The number of nitro benzene ring substituents is 1. The van der Waals surface area contributed by atoms with Gasteiger partial charge in [0.05, 0.1) is 16.4 Å². The summed E-state index contributed by atoms with van der Waals surface area (Å²) in [6, 6.07) is 9.32. The molecule has 11 heteroatoms. The van der Waals surface area contributed by atoms with Crippen molar-refractivity contribution < 1.29 is 27.6 Å². The summed E-state index contributed by atoms with van der Waals surface area (Å²) in [4.78, 5) is 23.4. The molecule has 0 aromatic heterocycles. The monoisotopic (exact) mass is 487 g/mol. The molecule has 0 radical (unpaired) electrons. The largest absolute Gasteiger partial charge is 0.467 e. The Bertz CT molecular complexity index is 1220. The Labute approximate surface area is 197 Å². The van der Waals surface area contributed by atoms with Gasteiger partial charge < -0.3 is 14.8 Å². The summed E-state index contributed by atoms with van der Waals surface area (Å²) in [6.45, 7) is 1.19. The first kappa shape index (κ1) is 23.9. The van der Waals surface area contributed by atoms with Crippen molar-refractivity contribution in [2.24, 2.45) is 0 Å². The molecule has 2 heterocycles. The zero-order valence-electron chi connectivity index (χ0n) is 18.4. The van der Waals surface area contributed by atoms with E-state index >= 15 is 0 Å².